The highest BCUT2D eigenvalue weighted by Crippen LogP contribution is 2.32. The molecular weight excluding hydrogens is 322 g/mol. The van der Waals surface area contributed by atoms with Crippen molar-refractivity contribution in [1.82, 2.24) is 19.8 Å². The Kier molecular flexibility index (Phi) is 4.10. The minimum Gasteiger partial charge on any atom is -0.454 e. The van der Waals surface area contributed by atoms with Crippen LogP contribution in [-0.2, 0) is 6.54 Å². The van der Waals surface area contributed by atoms with Crippen molar-refractivity contribution in [2.24, 2.45) is 0 Å². The van der Waals surface area contributed by atoms with E-state index in [1.54, 1.807) is 4.90 Å². The Bertz CT molecular complexity index is 790. The van der Waals surface area contributed by atoms with Crippen LogP contribution in [0.25, 0.3) is 0 Å². The molecular formula is C17H19N5O3. The van der Waals surface area contributed by atoms with Crippen LogP contribution in [0.5, 0.6) is 11.5 Å². The average Bonchev–Trinajstić information content (AvgIpc) is 3.10. The van der Waals surface area contributed by atoms with Crippen LogP contribution in [0.1, 0.15) is 16.1 Å². The molecule has 8 heteroatoms. The second kappa shape index (κ2) is 6.56. The summed E-state index contributed by atoms with van der Waals surface area (Å²) < 4.78 is 10.8. The van der Waals surface area contributed by atoms with Gasteiger partial charge in [0.1, 0.15) is 0 Å². The second-order valence-electron chi connectivity index (χ2n) is 6.05. The van der Waals surface area contributed by atoms with Crippen molar-refractivity contribution in [2.45, 2.75) is 6.54 Å². The van der Waals surface area contributed by atoms with Gasteiger partial charge in [-0.15, -0.1) is 0 Å². The first-order valence-electron chi connectivity index (χ1n) is 8.17. The Morgan fingerprint density at radius 2 is 1.84 bits per heavy atom. The van der Waals surface area contributed by atoms with Crippen LogP contribution in [0.4, 0.5) is 5.82 Å². The van der Waals surface area contributed by atoms with E-state index in [0.29, 0.717) is 13.1 Å². The lowest BCUT2D eigenvalue weighted by Gasteiger charge is -2.34. The Labute approximate surface area is 145 Å². The molecule has 0 unspecified atom stereocenters. The van der Waals surface area contributed by atoms with Gasteiger partial charge in [-0.2, -0.15) is 0 Å². The number of piperazine rings is 1. The number of hydrogen-bond acceptors (Lipinski definition) is 7. The number of carbonyl (C=O) groups excluding carboxylic acids is 1. The maximum atomic E-state index is 12.5. The smallest absolute Gasteiger partial charge is 0.276 e. The summed E-state index contributed by atoms with van der Waals surface area (Å²) in [6.45, 7) is 3.95. The normalized spacial score (nSPS) is 16.9. The number of anilines is 1. The summed E-state index contributed by atoms with van der Waals surface area (Å²) in [4.78, 5) is 24.6. The molecule has 3 heterocycles. The highest BCUT2D eigenvalue weighted by molar-refractivity contribution is 5.96. The fourth-order valence-electron chi connectivity index (χ4n) is 3.07. The van der Waals surface area contributed by atoms with Gasteiger partial charge >= 0.3 is 0 Å². The zero-order valence-electron chi connectivity index (χ0n) is 13.7. The average molecular weight is 341 g/mol. The van der Waals surface area contributed by atoms with Crippen LogP contribution in [0, 0.1) is 0 Å². The summed E-state index contributed by atoms with van der Waals surface area (Å²) in [5, 5.41) is 0. The Morgan fingerprint density at radius 1 is 1.08 bits per heavy atom. The molecule has 1 amide bonds. The number of aromatic nitrogens is 2. The van der Waals surface area contributed by atoms with Crippen LogP contribution < -0.4 is 15.2 Å². The minimum absolute atomic E-state index is 0.159. The summed E-state index contributed by atoms with van der Waals surface area (Å²) >= 11 is 0. The SMILES string of the molecule is Nc1nccnc1C(=O)N1CCN(Cc2ccc3c(c2)OCO3)CC1. The van der Waals surface area contributed by atoms with Gasteiger partial charge in [-0.05, 0) is 17.7 Å². The molecule has 1 aromatic heterocycles. The Morgan fingerprint density at radius 3 is 2.64 bits per heavy atom. The molecule has 4 rings (SSSR count). The minimum atomic E-state index is -0.159. The predicted molar refractivity (Wildman–Crippen MR) is 90.2 cm³/mol. The molecule has 0 atom stereocenters. The third-order valence-corrected chi connectivity index (χ3v) is 4.43. The van der Waals surface area contributed by atoms with Gasteiger partial charge in [-0.3, -0.25) is 9.69 Å². The number of nitrogens with zero attached hydrogens (tertiary/aromatic N) is 4. The van der Waals surface area contributed by atoms with E-state index >= 15 is 0 Å². The Balaban J connectivity index is 1.35. The van der Waals surface area contributed by atoms with Crippen LogP contribution in [0.15, 0.2) is 30.6 Å². The lowest BCUT2D eigenvalue weighted by molar-refractivity contribution is 0.0623. The topological polar surface area (TPSA) is 93.8 Å². The number of ether oxygens (including phenoxy) is 2. The van der Waals surface area contributed by atoms with Gasteiger partial charge in [-0.1, -0.05) is 6.07 Å². The summed E-state index contributed by atoms with van der Waals surface area (Å²) in [6.07, 6.45) is 2.97. The molecule has 0 saturated carbocycles. The first-order valence-corrected chi connectivity index (χ1v) is 8.17. The fraction of sp³-hybridized carbons (Fsp3) is 0.353. The van der Waals surface area contributed by atoms with E-state index in [-0.39, 0.29) is 24.2 Å². The standard InChI is InChI=1S/C17H19N5O3/c18-16-15(19-3-4-20-16)17(23)22-7-5-21(6-8-22)10-12-1-2-13-14(9-12)25-11-24-13/h1-4,9H,5-8,10-11H2,(H2,18,20). The third kappa shape index (κ3) is 3.20. The molecule has 8 nitrogen and oxygen atoms in total. The van der Waals surface area contributed by atoms with Crippen molar-refractivity contribution in [2.75, 3.05) is 38.7 Å². The molecule has 0 bridgehead atoms. The van der Waals surface area contributed by atoms with Crippen molar-refractivity contribution in [3.05, 3.63) is 41.9 Å². The van der Waals surface area contributed by atoms with E-state index in [9.17, 15) is 4.79 Å². The summed E-state index contributed by atoms with van der Waals surface area (Å²) in [7, 11) is 0. The van der Waals surface area contributed by atoms with Crippen molar-refractivity contribution in [3.63, 3.8) is 0 Å². The lowest BCUT2D eigenvalue weighted by atomic mass is 10.1. The molecule has 0 aliphatic carbocycles. The highest BCUT2D eigenvalue weighted by Gasteiger charge is 2.25. The van der Waals surface area contributed by atoms with Crippen LogP contribution >= 0.6 is 0 Å². The van der Waals surface area contributed by atoms with E-state index in [1.165, 1.54) is 18.0 Å². The van der Waals surface area contributed by atoms with E-state index in [2.05, 4.69) is 14.9 Å². The number of amides is 1. The summed E-state index contributed by atoms with van der Waals surface area (Å²) in [5.74, 6) is 1.61. The van der Waals surface area contributed by atoms with Crippen LogP contribution in [0.2, 0.25) is 0 Å². The quantitative estimate of drug-likeness (QED) is 0.880. The first-order chi connectivity index (χ1) is 12.2. The van der Waals surface area contributed by atoms with Gasteiger partial charge in [0.25, 0.3) is 5.91 Å². The third-order valence-electron chi connectivity index (χ3n) is 4.43. The van der Waals surface area contributed by atoms with E-state index in [4.69, 9.17) is 15.2 Å². The molecule has 2 aliphatic rings. The van der Waals surface area contributed by atoms with Gasteiger partial charge in [0.15, 0.2) is 23.0 Å². The molecule has 130 valence electrons. The number of carbonyl (C=O) groups is 1. The van der Waals surface area contributed by atoms with Gasteiger partial charge in [0.05, 0.1) is 0 Å². The zero-order chi connectivity index (χ0) is 17.2. The highest BCUT2D eigenvalue weighted by atomic mass is 16.7. The van der Waals surface area contributed by atoms with Gasteiger partial charge in [0.2, 0.25) is 6.79 Å². The van der Waals surface area contributed by atoms with Crippen molar-refractivity contribution in [3.8, 4) is 11.5 Å². The van der Waals surface area contributed by atoms with E-state index < -0.39 is 0 Å². The zero-order valence-corrected chi connectivity index (χ0v) is 13.7. The predicted octanol–water partition coefficient (Wildman–Crippen LogP) is 0.745. The summed E-state index contributed by atoms with van der Waals surface area (Å²) in [6, 6.07) is 6.00. The number of nitrogen functional groups attached to an aromatic ring is 1. The number of benzene rings is 1. The maximum Gasteiger partial charge on any atom is 0.276 e. The number of hydrogen-bond donors (Lipinski definition) is 1. The molecule has 2 aliphatic heterocycles. The fourth-order valence-corrected chi connectivity index (χ4v) is 3.07. The Hall–Kier alpha value is -2.87. The van der Waals surface area contributed by atoms with Crippen LogP contribution in [0.3, 0.4) is 0 Å². The maximum absolute atomic E-state index is 12.5. The molecule has 1 saturated heterocycles. The number of fused-ring (bicyclic) bond motifs is 1. The molecule has 0 radical (unpaired) electrons. The van der Waals surface area contributed by atoms with Crippen molar-refractivity contribution >= 4 is 11.7 Å². The number of nitrogens with two attached hydrogens (primary N) is 1. The second-order valence-corrected chi connectivity index (χ2v) is 6.05. The van der Waals surface area contributed by atoms with E-state index in [0.717, 1.165) is 31.1 Å². The molecule has 0 spiro atoms. The monoisotopic (exact) mass is 341 g/mol. The number of rotatable bonds is 3. The lowest BCUT2D eigenvalue weighted by Crippen LogP contribution is -2.48. The molecule has 1 fully saturated rings. The molecule has 2 aromatic rings. The van der Waals surface area contributed by atoms with Crippen molar-refractivity contribution < 1.29 is 14.3 Å². The van der Waals surface area contributed by atoms with Gasteiger partial charge < -0.3 is 20.1 Å². The van der Waals surface area contributed by atoms with E-state index in [1.807, 2.05) is 18.2 Å². The van der Waals surface area contributed by atoms with Crippen LogP contribution in [-0.4, -0.2) is 58.6 Å². The molecule has 2 N–H and O–H groups in total. The van der Waals surface area contributed by atoms with Crippen molar-refractivity contribution in [1.29, 1.82) is 0 Å². The molecule has 25 heavy (non-hydrogen) atoms. The first kappa shape index (κ1) is 15.6. The van der Waals surface area contributed by atoms with Gasteiger partial charge in [-0.25, -0.2) is 9.97 Å². The molecule has 1 aromatic carbocycles. The summed E-state index contributed by atoms with van der Waals surface area (Å²) in [5.41, 5.74) is 7.15. The largest absolute Gasteiger partial charge is 0.454 e. The van der Waals surface area contributed by atoms with Gasteiger partial charge in [0, 0.05) is 45.1 Å².